The molecule has 8 heteroatoms. The smallest absolute Gasteiger partial charge is 0.331 e. The Bertz CT molecular complexity index is 898. The molecule has 2 aromatic carbocycles. The van der Waals surface area contributed by atoms with Crippen molar-refractivity contribution in [2.45, 2.75) is 13.0 Å². The first-order chi connectivity index (χ1) is 13.3. The molecule has 28 heavy (non-hydrogen) atoms. The number of amides is 1. The van der Waals surface area contributed by atoms with Gasteiger partial charge in [0.15, 0.2) is 17.6 Å². The Balaban J connectivity index is 1.97. The molecule has 0 aliphatic rings. The standard InChI is InChI=1S/C20H19Cl2NO5/c1-12(20(25)23-16-11-14(21)6-7-15(16)22)28-19(24)9-5-13-4-8-17(26-2)18(10-13)27-3/h4-12H,1-3H3,(H,23,25)/b9-5+. The Morgan fingerprint density at radius 3 is 2.43 bits per heavy atom. The average Bonchev–Trinajstić information content (AvgIpc) is 2.68. The molecule has 0 radical (unpaired) electrons. The van der Waals surface area contributed by atoms with Crippen LogP contribution in [-0.2, 0) is 14.3 Å². The number of esters is 1. The molecule has 2 aromatic rings. The number of carbonyl (C=O) groups is 2. The van der Waals surface area contributed by atoms with Crippen molar-refractivity contribution in [3.8, 4) is 11.5 Å². The van der Waals surface area contributed by atoms with Crippen LogP contribution in [0.4, 0.5) is 5.69 Å². The number of halogens is 2. The molecule has 0 aromatic heterocycles. The third kappa shape index (κ3) is 5.90. The molecule has 0 bridgehead atoms. The fourth-order valence-electron chi connectivity index (χ4n) is 2.22. The van der Waals surface area contributed by atoms with Crippen molar-refractivity contribution in [3.63, 3.8) is 0 Å². The first-order valence-corrected chi connectivity index (χ1v) is 8.96. The predicted molar refractivity (Wildman–Crippen MR) is 109 cm³/mol. The van der Waals surface area contributed by atoms with Gasteiger partial charge >= 0.3 is 5.97 Å². The number of carbonyl (C=O) groups excluding carboxylic acids is 2. The molecule has 0 fully saturated rings. The van der Waals surface area contributed by atoms with Gasteiger partial charge < -0.3 is 19.5 Å². The lowest BCUT2D eigenvalue weighted by Gasteiger charge is -2.13. The molecule has 0 spiro atoms. The van der Waals surface area contributed by atoms with Gasteiger partial charge in [-0.15, -0.1) is 0 Å². The highest BCUT2D eigenvalue weighted by Crippen LogP contribution is 2.28. The molecular weight excluding hydrogens is 405 g/mol. The summed E-state index contributed by atoms with van der Waals surface area (Å²) in [5.41, 5.74) is 1.04. The SMILES string of the molecule is COc1ccc(/C=C/C(=O)OC(C)C(=O)Nc2cc(Cl)ccc2Cl)cc1OC. The number of rotatable bonds is 7. The zero-order chi connectivity index (χ0) is 20.7. The van der Waals surface area contributed by atoms with Gasteiger partial charge in [0, 0.05) is 11.1 Å². The van der Waals surface area contributed by atoms with Crippen molar-refractivity contribution < 1.29 is 23.8 Å². The van der Waals surface area contributed by atoms with E-state index in [2.05, 4.69) is 5.32 Å². The predicted octanol–water partition coefficient (Wildman–Crippen LogP) is 4.59. The van der Waals surface area contributed by atoms with E-state index in [1.54, 1.807) is 36.4 Å². The molecule has 0 heterocycles. The number of ether oxygens (including phenoxy) is 3. The van der Waals surface area contributed by atoms with Crippen LogP contribution in [0.1, 0.15) is 12.5 Å². The van der Waals surface area contributed by atoms with Crippen LogP contribution in [-0.4, -0.2) is 32.2 Å². The van der Waals surface area contributed by atoms with Crippen molar-refractivity contribution in [1.82, 2.24) is 0 Å². The van der Waals surface area contributed by atoms with Crippen LogP contribution in [0, 0.1) is 0 Å². The van der Waals surface area contributed by atoms with Crippen LogP contribution in [0.3, 0.4) is 0 Å². The summed E-state index contributed by atoms with van der Waals surface area (Å²) in [6.07, 6.45) is 1.73. The topological polar surface area (TPSA) is 73.9 Å². The molecule has 6 nitrogen and oxygen atoms in total. The number of benzene rings is 2. The fraction of sp³-hybridized carbons (Fsp3) is 0.200. The molecule has 0 saturated heterocycles. The minimum absolute atomic E-state index is 0.324. The Morgan fingerprint density at radius 1 is 1.04 bits per heavy atom. The van der Waals surface area contributed by atoms with Crippen LogP contribution in [0.25, 0.3) is 6.08 Å². The Labute approximate surface area is 173 Å². The van der Waals surface area contributed by atoms with Gasteiger partial charge in [0.2, 0.25) is 0 Å². The number of hydrogen-bond donors (Lipinski definition) is 1. The van der Waals surface area contributed by atoms with Crippen LogP contribution in [0.15, 0.2) is 42.5 Å². The average molecular weight is 424 g/mol. The third-order valence-electron chi connectivity index (χ3n) is 3.67. The van der Waals surface area contributed by atoms with Crippen molar-refractivity contribution in [3.05, 3.63) is 58.1 Å². The fourth-order valence-corrected chi connectivity index (χ4v) is 2.55. The molecular formula is C20H19Cl2NO5. The summed E-state index contributed by atoms with van der Waals surface area (Å²) in [4.78, 5) is 24.2. The van der Waals surface area contributed by atoms with E-state index in [0.29, 0.717) is 32.8 Å². The zero-order valence-electron chi connectivity index (χ0n) is 15.5. The number of methoxy groups -OCH3 is 2. The maximum absolute atomic E-state index is 12.2. The minimum Gasteiger partial charge on any atom is -0.493 e. The lowest BCUT2D eigenvalue weighted by atomic mass is 10.2. The van der Waals surface area contributed by atoms with Gasteiger partial charge in [0.1, 0.15) is 0 Å². The second kappa shape index (κ2) is 10.0. The van der Waals surface area contributed by atoms with Gasteiger partial charge in [-0.3, -0.25) is 4.79 Å². The van der Waals surface area contributed by atoms with Crippen molar-refractivity contribution in [1.29, 1.82) is 0 Å². The molecule has 1 amide bonds. The highest BCUT2D eigenvalue weighted by Gasteiger charge is 2.18. The van der Waals surface area contributed by atoms with E-state index in [1.165, 1.54) is 33.3 Å². The second-order valence-electron chi connectivity index (χ2n) is 5.64. The quantitative estimate of drug-likeness (QED) is 0.520. The lowest BCUT2D eigenvalue weighted by molar-refractivity contribution is -0.148. The van der Waals surface area contributed by atoms with E-state index in [4.69, 9.17) is 37.4 Å². The van der Waals surface area contributed by atoms with Crippen LogP contribution in [0.2, 0.25) is 10.0 Å². The van der Waals surface area contributed by atoms with Gasteiger partial charge in [0.05, 0.1) is 24.9 Å². The molecule has 1 N–H and O–H groups in total. The summed E-state index contributed by atoms with van der Waals surface area (Å²) in [7, 11) is 3.06. The summed E-state index contributed by atoms with van der Waals surface area (Å²) < 4.78 is 15.5. The number of hydrogen-bond acceptors (Lipinski definition) is 5. The van der Waals surface area contributed by atoms with Gasteiger partial charge in [0.25, 0.3) is 5.91 Å². The highest BCUT2D eigenvalue weighted by molar-refractivity contribution is 6.35. The summed E-state index contributed by atoms with van der Waals surface area (Å²) in [6.45, 7) is 1.45. The number of anilines is 1. The van der Waals surface area contributed by atoms with Gasteiger partial charge in [-0.05, 0) is 48.9 Å². The summed E-state index contributed by atoms with van der Waals surface area (Å²) in [5, 5.41) is 3.31. The second-order valence-corrected chi connectivity index (χ2v) is 6.48. The summed E-state index contributed by atoms with van der Waals surface area (Å²) >= 11 is 11.9. The Kier molecular flexibility index (Phi) is 7.72. The molecule has 148 valence electrons. The Morgan fingerprint density at radius 2 is 1.75 bits per heavy atom. The number of nitrogens with one attached hydrogen (secondary N) is 1. The molecule has 0 aliphatic carbocycles. The van der Waals surface area contributed by atoms with Gasteiger partial charge in [-0.1, -0.05) is 29.3 Å². The summed E-state index contributed by atoms with van der Waals surface area (Å²) in [5.74, 6) is -0.0944. The maximum atomic E-state index is 12.2. The minimum atomic E-state index is -1.03. The monoisotopic (exact) mass is 423 g/mol. The van der Waals surface area contributed by atoms with E-state index in [9.17, 15) is 9.59 Å². The first kappa shape index (κ1) is 21.6. The third-order valence-corrected chi connectivity index (χ3v) is 4.23. The largest absolute Gasteiger partial charge is 0.493 e. The van der Waals surface area contributed by atoms with Crippen LogP contribution < -0.4 is 14.8 Å². The molecule has 0 aliphatic heterocycles. The van der Waals surface area contributed by atoms with E-state index in [-0.39, 0.29) is 0 Å². The molecule has 2 rings (SSSR count). The maximum Gasteiger partial charge on any atom is 0.331 e. The summed E-state index contributed by atoms with van der Waals surface area (Å²) in [6, 6.07) is 9.84. The lowest BCUT2D eigenvalue weighted by Crippen LogP contribution is -2.29. The van der Waals surface area contributed by atoms with Crippen molar-refractivity contribution in [2.24, 2.45) is 0 Å². The van der Waals surface area contributed by atoms with E-state index >= 15 is 0 Å². The van der Waals surface area contributed by atoms with Crippen LogP contribution >= 0.6 is 23.2 Å². The Hall–Kier alpha value is -2.70. The van der Waals surface area contributed by atoms with Crippen molar-refractivity contribution in [2.75, 3.05) is 19.5 Å². The zero-order valence-corrected chi connectivity index (χ0v) is 17.0. The van der Waals surface area contributed by atoms with E-state index < -0.39 is 18.0 Å². The molecule has 1 unspecified atom stereocenters. The normalized spacial score (nSPS) is 11.8. The molecule has 0 saturated carbocycles. The first-order valence-electron chi connectivity index (χ1n) is 8.20. The van der Waals surface area contributed by atoms with Crippen LogP contribution in [0.5, 0.6) is 11.5 Å². The van der Waals surface area contributed by atoms with E-state index in [1.807, 2.05) is 0 Å². The highest BCUT2D eigenvalue weighted by atomic mass is 35.5. The molecule has 1 atom stereocenters. The van der Waals surface area contributed by atoms with Gasteiger partial charge in [-0.25, -0.2) is 4.79 Å². The van der Waals surface area contributed by atoms with E-state index in [0.717, 1.165) is 0 Å². The van der Waals surface area contributed by atoms with Crippen molar-refractivity contribution >= 4 is 46.8 Å². The van der Waals surface area contributed by atoms with Gasteiger partial charge in [-0.2, -0.15) is 0 Å².